The minimum absolute atomic E-state index is 0.0184. The molecule has 11 heteroatoms. The van der Waals surface area contributed by atoms with Gasteiger partial charge in [-0.3, -0.25) is 9.78 Å². The van der Waals surface area contributed by atoms with Gasteiger partial charge in [-0.2, -0.15) is 18.2 Å². The van der Waals surface area contributed by atoms with Gasteiger partial charge in [-0.25, -0.2) is 0 Å². The van der Waals surface area contributed by atoms with Crippen molar-refractivity contribution in [2.45, 2.75) is 12.7 Å². The minimum atomic E-state index is -4.88. The first-order valence-electron chi connectivity index (χ1n) is 10.1. The van der Waals surface area contributed by atoms with E-state index in [1.165, 1.54) is 30.6 Å². The van der Waals surface area contributed by atoms with E-state index in [4.69, 9.17) is 27.7 Å². The molecule has 0 unspecified atom stereocenters. The van der Waals surface area contributed by atoms with Crippen molar-refractivity contribution < 1.29 is 22.5 Å². The highest BCUT2D eigenvalue weighted by Crippen LogP contribution is 2.40. The van der Waals surface area contributed by atoms with Crippen molar-refractivity contribution in [2.75, 3.05) is 0 Å². The molecule has 0 spiro atoms. The molecule has 0 fully saturated rings. The molecule has 2 aromatic carbocycles. The van der Waals surface area contributed by atoms with Crippen molar-refractivity contribution in [1.82, 2.24) is 19.7 Å². The Bertz CT molecular complexity index is 1550. The van der Waals surface area contributed by atoms with Crippen molar-refractivity contribution in [2.24, 2.45) is 0 Å². The summed E-state index contributed by atoms with van der Waals surface area (Å²) < 4.78 is 49.5. The first-order chi connectivity index (χ1) is 16.7. The van der Waals surface area contributed by atoms with Crippen molar-refractivity contribution in [3.8, 4) is 11.4 Å². The molecule has 0 aliphatic carbocycles. The molecule has 0 saturated carbocycles. The fourth-order valence-corrected chi connectivity index (χ4v) is 4.12. The van der Waals surface area contributed by atoms with Gasteiger partial charge in [0.1, 0.15) is 5.69 Å². The SMILES string of the molecule is O=C(c1nc(-c2cccnc2)no1)c1c(C(F)(F)F)n(Cc2ccc(Cl)cc2)c2ccc(Cl)cc12. The molecule has 0 atom stereocenters. The number of hydrogen-bond donors (Lipinski definition) is 0. The Kier molecular flexibility index (Phi) is 5.82. The third-order valence-corrected chi connectivity index (χ3v) is 5.80. The van der Waals surface area contributed by atoms with E-state index in [1.807, 2.05) is 0 Å². The number of alkyl halides is 3. The summed E-state index contributed by atoms with van der Waals surface area (Å²) in [4.78, 5) is 21.4. The largest absolute Gasteiger partial charge is 0.432 e. The van der Waals surface area contributed by atoms with Crippen molar-refractivity contribution in [3.63, 3.8) is 0 Å². The molecule has 0 N–H and O–H groups in total. The van der Waals surface area contributed by atoms with Crippen LogP contribution in [-0.2, 0) is 12.7 Å². The monoisotopic (exact) mass is 516 g/mol. The lowest BCUT2D eigenvalue weighted by Crippen LogP contribution is -2.18. The van der Waals surface area contributed by atoms with Gasteiger partial charge in [0.05, 0.1) is 5.56 Å². The quantitative estimate of drug-likeness (QED) is 0.243. The number of carbonyl (C=O) groups excluding carboxylic acids is 1. The molecule has 5 rings (SSSR count). The molecule has 35 heavy (non-hydrogen) atoms. The van der Waals surface area contributed by atoms with Gasteiger partial charge in [-0.1, -0.05) is 40.5 Å². The number of nitrogens with zero attached hydrogens (tertiary/aromatic N) is 4. The van der Waals surface area contributed by atoms with Gasteiger partial charge in [0.25, 0.3) is 11.7 Å². The average molecular weight is 517 g/mol. The number of halogens is 5. The fourth-order valence-electron chi connectivity index (χ4n) is 3.82. The van der Waals surface area contributed by atoms with Crippen molar-refractivity contribution in [1.29, 1.82) is 0 Å². The predicted molar refractivity (Wildman–Crippen MR) is 123 cm³/mol. The van der Waals surface area contributed by atoms with Crippen LogP contribution in [0.3, 0.4) is 0 Å². The van der Waals surface area contributed by atoms with Crippen LogP contribution in [0.15, 0.2) is 71.5 Å². The Hall–Kier alpha value is -3.69. The van der Waals surface area contributed by atoms with Crippen LogP contribution in [0.25, 0.3) is 22.3 Å². The van der Waals surface area contributed by atoms with Crippen molar-refractivity contribution in [3.05, 3.63) is 99.7 Å². The van der Waals surface area contributed by atoms with Crippen molar-refractivity contribution >= 4 is 39.9 Å². The molecular formula is C24H13Cl2F3N4O2. The zero-order chi connectivity index (χ0) is 24.7. The molecule has 5 aromatic rings. The molecule has 176 valence electrons. The number of ketones is 1. The highest BCUT2D eigenvalue weighted by Gasteiger charge is 2.42. The van der Waals surface area contributed by atoms with Crippen LogP contribution < -0.4 is 0 Å². The van der Waals surface area contributed by atoms with Crippen LogP contribution >= 0.6 is 23.2 Å². The second kappa shape index (κ2) is 8.83. The first kappa shape index (κ1) is 23.1. The fraction of sp³-hybridized carbons (Fsp3) is 0.0833. The van der Waals surface area contributed by atoms with E-state index in [-0.39, 0.29) is 28.3 Å². The van der Waals surface area contributed by atoms with Gasteiger partial charge in [0, 0.05) is 45.5 Å². The Morgan fingerprint density at radius 3 is 2.46 bits per heavy atom. The summed E-state index contributed by atoms with van der Waals surface area (Å²) in [5.41, 5.74) is -0.588. The molecule has 0 aliphatic heterocycles. The van der Waals surface area contributed by atoms with E-state index >= 15 is 0 Å². The van der Waals surface area contributed by atoms with Crippen LogP contribution in [0.5, 0.6) is 0 Å². The van der Waals surface area contributed by atoms with Gasteiger partial charge in [-0.15, -0.1) is 0 Å². The highest BCUT2D eigenvalue weighted by molar-refractivity contribution is 6.32. The number of aromatic nitrogens is 4. The van der Waals surface area contributed by atoms with Crippen LogP contribution in [0.1, 0.15) is 27.5 Å². The minimum Gasteiger partial charge on any atom is -0.332 e. The second-order valence-electron chi connectivity index (χ2n) is 7.59. The van der Waals surface area contributed by atoms with E-state index in [2.05, 4.69) is 15.1 Å². The average Bonchev–Trinajstić information content (AvgIpc) is 3.44. The van der Waals surface area contributed by atoms with Gasteiger partial charge in [0.2, 0.25) is 5.82 Å². The maximum Gasteiger partial charge on any atom is 0.432 e. The second-order valence-corrected chi connectivity index (χ2v) is 8.46. The lowest BCUT2D eigenvalue weighted by atomic mass is 10.1. The normalized spacial score (nSPS) is 11.8. The molecule has 0 aliphatic rings. The topological polar surface area (TPSA) is 73.8 Å². The third-order valence-electron chi connectivity index (χ3n) is 5.31. The molecule has 0 radical (unpaired) electrons. The Labute approximate surface area is 205 Å². The summed E-state index contributed by atoms with van der Waals surface area (Å²) in [6.45, 7) is -0.164. The zero-order valence-electron chi connectivity index (χ0n) is 17.6. The molecule has 6 nitrogen and oxygen atoms in total. The number of pyridine rings is 1. The molecule has 3 aromatic heterocycles. The molecule has 3 heterocycles. The van der Waals surface area contributed by atoms with Gasteiger partial charge in [-0.05, 0) is 48.0 Å². The van der Waals surface area contributed by atoms with Crippen LogP contribution in [-0.4, -0.2) is 25.5 Å². The van der Waals surface area contributed by atoms with Gasteiger partial charge in [0.15, 0.2) is 0 Å². The molecule has 0 amide bonds. The van der Waals surface area contributed by atoms with Crippen LogP contribution in [0.4, 0.5) is 13.2 Å². The van der Waals surface area contributed by atoms with E-state index in [9.17, 15) is 18.0 Å². The van der Waals surface area contributed by atoms with Crippen LogP contribution in [0.2, 0.25) is 10.0 Å². The Morgan fingerprint density at radius 1 is 1.03 bits per heavy atom. The predicted octanol–water partition coefficient (Wildman–Crippen LogP) is 6.69. The summed E-state index contributed by atoms with van der Waals surface area (Å²) in [5.74, 6) is -1.63. The maximum absolute atomic E-state index is 14.5. The Morgan fingerprint density at radius 2 is 1.77 bits per heavy atom. The first-order valence-corrected chi connectivity index (χ1v) is 10.9. The summed E-state index contributed by atoms with van der Waals surface area (Å²) in [6, 6.07) is 13.9. The van der Waals surface area contributed by atoms with E-state index in [0.717, 1.165) is 4.57 Å². The summed E-state index contributed by atoms with van der Waals surface area (Å²) >= 11 is 12.0. The zero-order valence-corrected chi connectivity index (χ0v) is 19.1. The Balaban J connectivity index is 1.70. The lowest BCUT2D eigenvalue weighted by Gasteiger charge is -2.14. The smallest absolute Gasteiger partial charge is 0.332 e. The molecule has 0 bridgehead atoms. The summed E-state index contributed by atoms with van der Waals surface area (Å²) in [7, 11) is 0. The molecular weight excluding hydrogens is 504 g/mol. The number of carbonyl (C=O) groups is 1. The number of fused-ring (bicyclic) bond motifs is 1. The number of hydrogen-bond acceptors (Lipinski definition) is 5. The lowest BCUT2D eigenvalue weighted by molar-refractivity contribution is -0.143. The van der Waals surface area contributed by atoms with Crippen LogP contribution in [0, 0.1) is 0 Å². The van der Waals surface area contributed by atoms with Gasteiger partial charge >= 0.3 is 6.18 Å². The van der Waals surface area contributed by atoms with E-state index in [0.29, 0.717) is 16.1 Å². The molecule has 0 saturated heterocycles. The van der Waals surface area contributed by atoms with E-state index in [1.54, 1.807) is 36.4 Å². The maximum atomic E-state index is 14.5. The van der Waals surface area contributed by atoms with Gasteiger partial charge < -0.3 is 9.09 Å². The highest BCUT2D eigenvalue weighted by atomic mass is 35.5. The van der Waals surface area contributed by atoms with E-state index < -0.39 is 29.1 Å². The summed E-state index contributed by atoms with van der Waals surface area (Å²) in [6.07, 6.45) is -1.91. The third kappa shape index (κ3) is 4.40. The summed E-state index contributed by atoms with van der Waals surface area (Å²) in [5, 5.41) is 4.37. The number of benzene rings is 2. The standard InChI is InChI=1S/C24H13Cl2F3N4O2/c25-15-5-3-13(4-6-15)12-33-18-8-7-16(26)10-17(18)19(21(33)24(27,28)29)20(34)23-31-22(32-35-23)14-2-1-9-30-11-14/h1-11H,12H2. The number of rotatable bonds is 5.